The lowest BCUT2D eigenvalue weighted by Crippen LogP contribution is -2.15. The third-order valence-electron chi connectivity index (χ3n) is 3.52. The second-order valence-electron chi connectivity index (χ2n) is 4.94. The van der Waals surface area contributed by atoms with Gasteiger partial charge in [-0.05, 0) is 56.9 Å². The zero-order valence-corrected chi connectivity index (χ0v) is 12.7. The number of imidazole rings is 1. The molecule has 0 fully saturated rings. The molecule has 0 saturated carbocycles. The summed E-state index contributed by atoms with van der Waals surface area (Å²) in [5, 5.41) is 0. The normalized spacial score (nSPS) is 11.8. The second-order valence-corrected chi connectivity index (χ2v) is 6.72. The minimum atomic E-state index is -3.57. The maximum atomic E-state index is 12.7. The Morgan fingerprint density at radius 1 is 1.00 bits per heavy atom. The molecule has 5 heteroatoms. The Balaban J connectivity index is 2.78. The first kappa shape index (κ1) is 13.8. The summed E-state index contributed by atoms with van der Waals surface area (Å²) >= 11 is 0. The van der Waals surface area contributed by atoms with Crippen LogP contribution >= 0.6 is 0 Å². The van der Waals surface area contributed by atoms with Crippen molar-refractivity contribution in [3.05, 3.63) is 46.5 Å². The van der Waals surface area contributed by atoms with Crippen LogP contribution in [0.5, 0.6) is 0 Å². The first-order chi connectivity index (χ1) is 8.75. The fourth-order valence-electron chi connectivity index (χ4n) is 2.20. The first-order valence-electron chi connectivity index (χ1n) is 6.08. The number of benzene rings is 1. The van der Waals surface area contributed by atoms with Crippen molar-refractivity contribution in [1.82, 2.24) is 8.96 Å². The van der Waals surface area contributed by atoms with Crippen molar-refractivity contribution < 1.29 is 8.42 Å². The quantitative estimate of drug-likeness (QED) is 0.848. The molecule has 0 amide bonds. The van der Waals surface area contributed by atoms with E-state index in [4.69, 9.17) is 0 Å². The van der Waals surface area contributed by atoms with Crippen LogP contribution in [0.2, 0.25) is 0 Å². The maximum Gasteiger partial charge on any atom is 0.269 e. The lowest BCUT2D eigenvalue weighted by molar-refractivity contribution is 0.585. The lowest BCUT2D eigenvalue weighted by Gasteiger charge is -2.15. The Kier molecular flexibility index (Phi) is 3.26. The third-order valence-corrected chi connectivity index (χ3v) is 5.41. The van der Waals surface area contributed by atoms with E-state index in [0.717, 1.165) is 22.3 Å². The number of aryl methyl sites for hydroxylation is 3. The highest BCUT2D eigenvalue weighted by Crippen LogP contribution is 2.27. The predicted molar refractivity (Wildman–Crippen MR) is 74.9 cm³/mol. The molecular formula is C14H18N2O2S. The molecular weight excluding hydrogens is 260 g/mol. The summed E-state index contributed by atoms with van der Waals surface area (Å²) in [4.78, 5) is 4.39. The van der Waals surface area contributed by atoms with Gasteiger partial charge in [0.15, 0.2) is 0 Å². The summed E-state index contributed by atoms with van der Waals surface area (Å²) in [7, 11) is -3.57. The van der Waals surface area contributed by atoms with Crippen molar-refractivity contribution >= 4 is 10.0 Å². The van der Waals surface area contributed by atoms with Crippen molar-refractivity contribution in [2.45, 2.75) is 39.5 Å². The van der Waals surface area contributed by atoms with Crippen LogP contribution in [0.1, 0.15) is 27.9 Å². The van der Waals surface area contributed by atoms with Crippen LogP contribution < -0.4 is 0 Å². The van der Waals surface area contributed by atoms with Gasteiger partial charge in [-0.15, -0.1) is 0 Å². The molecule has 0 aliphatic carbocycles. The molecule has 0 spiro atoms. The molecule has 102 valence electrons. The third kappa shape index (κ3) is 2.18. The van der Waals surface area contributed by atoms with Crippen LogP contribution in [0.25, 0.3) is 0 Å². The van der Waals surface area contributed by atoms with Gasteiger partial charge in [0.25, 0.3) is 10.0 Å². The van der Waals surface area contributed by atoms with E-state index < -0.39 is 10.0 Å². The highest BCUT2D eigenvalue weighted by atomic mass is 32.2. The minimum Gasteiger partial charge on any atom is -0.241 e. The van der Waals surface area contributed by atoms with Crippen molar-refractivity contribution in [1.29, 1.82) is 0 Å². The smallest absolute Gasteiger partial charge is 0.241 e. The molecule has 0 bridgehead atoms. The molecule has 0 aliphatic rings. The van der Waals surface area contributed by atoms with Gasteiger partial charge in [0, 0.05) is 6.20 Å². The van der Waals surface area contributed by atoms with E-state index in [1.807, 2.05) is 33.8 Å². The van der Waals surface area contributed by atoms with E-state index in [1.54, 1.807) is 6.92 Å². The molecule has 1 aromatic heterocycles. The maximum absolute atomic E-state index is 12.7. The van der Waals surface area contributed by atoms with Gasteiger partial charge in [-0.25, -0.2) is 17.4 Å². The van der Waals surface area contributed by atoms with Crippen LogP contribution in [-0.4, -0.2) is 17.4 Å². The molecule has 19 heavy (non-hydrogen) atoms. The van der Waals surface area contributed by atoms with E-state index >= 15 is 0 Å². The van der Waals surface area contributed by atoms with Gasteiger partial charge in [-0.3, -0.25) is 0 Å². The summed E-state index contributed by atoms with van der Waals surface area (Å²) in [5.74, 6) is 0. The number of rotatable bonds is 2. The zero-order valence-electron chi connectivity index (χ0n) is 11.9. The van der Waals surface area contributed by atoms with E-state index in [0.29, 0.717) is 10.6 Å². The molecule has 0 N–H and O–H groups in total. The standard InChI is InChI=1S/C14H18N2O2S/c1-9-6-10(2)13(5)14(12(9)4)19(17,18)16-7-11(3)15-8-16/h6-8H,1-5H3. The summed E-state index contributed by atoms with van der Waals surface area (Å²) in [6.07, 6.45) is 2.88. The molecule has 1 aromatic carbocycles. The SMILES string of the molecule is Cc1cn(S(=O)(=O)c2c(C)c(C)cc(C)c2C)cn1. The predicted octanol–water partition coefficient (Wildman–Crippen LogP) is 2.66. The van der Waals surface area contributed by atoms with Crippen molar-refractivity contribution in [3.63, 3.8) is 0 Å². The fraction of sp³-hybridized carbons (Fsp3) is 0.357. The Morgan fingerprint density at radius 2 is 1.53 bits per heavy atom. The summed E-state index contributed by atoms with van der Waals surface area (Å²) in [5.41, 5.74) is 4.25. The summed E-state index contributed by atoms with van der Waals surface area (Å²) < 4.78 is 26.6. The highest BCUT2D eigenvalue weighted by Gasteiger charge is 2.23. The largest absolute Gasteiger partial charge is 0.269 e. The number of aromatic nitrogens is 2. The van der Waals surface area contributed by atoms with Crippen LogP contribution in [0.4, 0.5) is 0 Å². The average Bonchev–Trinajstić information content (AvgIpc) is 2.74. The van der Waals surface area contributed by atoms with Gasteiger partial charge in [0.2, 0.25) is 0 Å². The Bertz CT molecular complexity index is 717. The van der Waals surface area contributed by atoms with Crippen LogP contribution in [0.15, 0.2) is 23.5 Å². The molecule has 0 unspecified atom stereocenters. The number of hydrogen-bond acceptors (Lipinski definition) is 3. The van der Waals surface area contributed by atoms with E-state index in [-0.39, 0.29) is 0 Å². The number of nitrogens with zero attached hydrogens (tertiary/aromatic N) is 2. The molecule has 0 aliphatic heterocycles. The highest BCUT2D eigenvalue weighted by molar-refractivity contribution is 7.90. The van der Waals surface area contributed by atoms with Gasteiger partial charge in [-0.1, -0.05) is 6.07 Å². The fourth-order valence-corrected chi connectivity index (χ4v) is 3.97. The Morgan fingerprint density at radius 3 is 1.95 bits per heavy atom. The molecule has 2 aromatic rings. The van der Waals surface area contributed by atoms with Gasteiger partial charge >= 0.3 is 0 Å². The monoisotopic (exact) mass is 278 g/mol. The van der Waals surface area contributed by atoms with Crippen molar-refractivity contribution in [2.24, 2.45) is 0 Å². The van der Waals surface area contributed by atoms with Crippen LogP contribution in [0.3, 0.4) is 0 Å². The van der Waals surface area contributed by atoms with Gasteiger partial charge in [0.1, 0.15) is 6.33 Å². The topological polar surface area (TPSA) is 52.0 Å². The van der Waals surface area contributed by atoms with Crippen molar-refractivity contribution in [2.75, 3.05) is 0 Å². The molecule has 0 saturated heterocycles. The second kappa shape index (κ2) is 4.49. The summed E-state index contributed by atoms with van der Waals surface area (Å²) in [6.45, 7) is 9.32. The van der Waals surface area contributed by atoms with Gasteiger partial charge in [0.05, 0.1) is 10.6 Å². The molecule has 4 nitrogen and oxygen atoms in total. The van der Waals surface area contributed by atoms with E-state index in [2.05, 4.69) is 4.98 Å². The van der Waals surface area contributed by atoms with E-state index in [9.17, 15) is 8.42 Å². The van der Waals surface area contributed by atoms with Gasteiger partial charge < -0.3 is 0 Å². The minimum absolute atomic E-state index is 0.391. The number of hydrogen-bond donors (Lipinski definition) is 0. The Hall–Kier alpha value is -1.62. The lowest BCUT2D eigenvalue weighted by atomic mass is 10.0. The zero-order chi connectivity index (χ0) is 14.4. The average molecular weight is 278 g/mol. The molecule has 2 rings (SSSR count). The van der Waals surface area contributed by atoms with E-state index in [1.165, 1.54) is 16.5 Å². The summed E-state index contributed by atoms with van der Waals surface area (Å²) in [6, 6.07) is 2.02. The molecule has 1 heterocycles. The van der Waals surface area contributed by atoms with Crippen LogP contribution in [-0.2, 0) is 10.0 Å². The van der Waals surface area contributed by atoms with Gasteiger partial charge in [-0.2, -0.15) is 0 Å². The van der Waals surface area contributed by atoms with Crippen LogP contribution in [0, 0.1) is 34.6 Å². The molecule has 0 atom stereocenters. The first-order valence-corrected chi connectivity index (χ1v) is 7.52. The van der Waals surface area contributed by atoms with Crippen molar-refractivity contribution in [3.8, 4) is 0 Å². The molecule has 0 radical (unpaired) electrons. The Labute approximate surface area is 114 Å².